The summed E-state index contributed by atoms with van der Waals surface area (Å²) in [5.74, 6) is 0.669. The second-order valence-corrected chi connectivity index (χ2v) is 4.64. The lowest BCUT2D eigenvalue weighted by Crippen LogP contribution is -2.06. The van der Waals surface area contributed by atoms with Crippen molar-refractivity contribution in [1.29, 1.82) is 0 Å². The lowest BCUT2D eigenvalue weighted by molar-refractivity contribution is 0.521. The van der Waals surface area contributed by atoms with Gasteiger partial charge in [-0.3, -0.25) is 14.6 Å². The van der Waals surface area contributed by atoms with E-state index in [4.69, 9.17) is 12.2 Å². The highest BCUT2D eigenvalue weighted by atomic mass is 32.1. The molecule has 0 bridgehead atoms. The predicted molar refractivity (Wildman–Crippen MR) is 65.4 cm³/mol. The first kappa shape index (κ1) is 11.9. The topological polar surface area (TPSA) is 46.5 Å². The van der Waals surface area contributed by atoms with Gasteiger partial charge in [0.1, 0.15) is 5.82 Å². The van der Waals surface area contributed by atoms with E-state index in [0.717, 1.165) is 12.7 Å². The van der Waals surface area contributed by atoms with Gasteiger partial charge < -0.3 is 0 Å². The molecule has 1 N–H and O–H groups in total. The molecule has 2 aromatic rings. The Labute approximate surface area is 104 Å². The molecule has 0 aliphatic heterocycles. The second-order valence-electron chi connectivity index (χ2n) is 4.25. The van der Waals surface area contributed by atoms with Crippen LogP contribution in [0, 0.1) is 16.5 Å². The molecule has 0 spiro atoms. The molecule has 2 aromatic heterocycles. The number of aromatic nitrogens is 4. The van der Waals surface area contributed by atoms with Crippen molar-refractivity contribution in [1.82, 2.24) is 19.7 Å². The third kappa shape index (κ3) is 2.58. The third-order valence-electron chi connectivity index (χ3n) is 2.27. The lowest BCUT2D eigenvalue weighted by Gasteiger charge is -2.08. The molecule has 2 rings (SSSR count). The van der Waals surface area contributed by atoms with Crippen LogP contribution in [0.5, 0.6) is 0 Å². The standard InChI is InChI=1S/C11H13FN4S/c1-7(2)6-16-10(14-15-11(16)17)8-3-9(12)5-13-4-8/h3-5,7H,6H2,1-2H3,(H,15,17). The average Bonchev–Trinajstić information content (AvgIpc) is 2.60. The van der Waals surface area contributed by atoms with E-state index in [2.05, 4.69) is 29.0 Å². The number of nitrogens with one attached hydrogen (secondary N) is 1. The lowest BCUT2D eigenvalue weighted by atomic mass is 10.2. The fraction of sp³-hybridized carbons (Fsp3) is 0.364. The maximum Gasteiger partial charge on any atom is 0.195 e. The summed E-state index contributed by atoms with van der Waals surface area (Å²) in [4.78, 5) is 3.81. The van der Waals surface area contributed by atoms with E-state index in [9.17, 15) is 4.39 Å². The van der Waals surface area contributed by atoms with E-state index < -0.39 is 0 Å². The number of halogens is 1. The van der Waals surface area contributed by atoms with Crippen molar-refractivity contribution in [2.75, 3.05) is 0 Å². The van der Waals surface area contributed by atoms with Crippen molar-refractivity contribution in [3.05, 3.63) is 29.0 Å². The number of hydrogen-bond donors (Lipinski definition) is 1. The molecule has 0 amide bonds. The molecule has 0 atom stereocenters. The van der Waals surface area contributed by atoms with Crippen LogP contribution >= 0.6 is 12.2 Å². The molecular weight excluding hydrogens is 239 g/mol. The molecule has 0 saturated carbocycles. The Morgan fingerprint density at radius 2 is 2.24 bits per heavy atom. The molecule has 0 aromatic carbocycles. The monoisotopic (exact) mass is 252 g/mol. The zero-order chi connectivity index (χ0) is 12.4. The smallest absolute Gasteiger partial charge is 0.195 e. The maximum atomic E-state index is 13.1. The van der Waals surface area contributed by atoms with Crippen molar-refractivity contribution in [3.8, 4) is 11.4 Å². The molecule has 90 valence electrons. The summed E-state index contributed by atoms with van der Waals surface area (Å²) in [7, 11) is 0. The van der Waals surface area contributed by atoms with E-state index in [0.29, 0.717) is 22.1 Å². The average molecular weight is 252 g/mol. The van der Waals surface area contributed by atoms with E-state index >= 15 is 0 Å². The molecule has 0 aliphatic carbocycles. The summed E-state index contributed by atoms with van der Waals surface area (Å²) in [5, 5.41) is 6.85. The van der Waals surface area contributed by atoms with Gasteiger partial charge in [0.15, 0.2) is 10.6 Å². The quantitative estimate of drug-likeness (QED) is 0.854. The van der Waals surface area contributed by atoms with E-state index in [-0.39, 0.29) is 5.82 Å². The first-order valence-corrected chi connectivity index (χ1v) is 5.75. The number of H-pyrrole nitrogens is 1. The van der Waals surface area contributed by atoms with Crippen LogP contribution in [0.1, 0.15) is 13.8 Å². The minimum atomic E-state index is -0.382. The summed E-state index contributed by atoms with van der Waals surface area (Å²) in [5.41, 5.74) is 0.623. The molecule has 0 aliphatic rings. The number of nitrogens with zero attached hydrogens (tertiary/aromatic N) is 3. The van der Waals surface area contributed by atoms with Crippen molar-refractivity contribution in [2.45, 2.75) is 20.4 Å². The van der Waals surface area contributed by atoms with Gasteiger partial charge in [-0.2, -0.15) is 5.10 Å². The Kier molecular flexibility index (Phi) is 3.33. The molecular formula is C11H13FN4S. The maximum absolute atomic E-state index is 13.1. The van der Waals surface area contributed by atoms with Gasteiger partial charge >= 0.3 is 0 Å². The van der Waals surface area contributed by atoms with E-state index in [1.807, 2.05) is 4.57 Å². The molecule has 0 unspecified atom stereocenters. The number of rotatable bonds is 3. The minimum Gasteiger partial charge on any atom is -0.300 e. The van der Waals surface area contributed by atoms with Crippen molar-refractivity contribution in [2.24, 2.45) is 5.92 Å². The zero-order valence-corrected chi connectivity index (χ0v) is 10.5. The van der Waals surface area contributed by atoms with Crippen molar-refractivity contribution in [3.63, 3.8) is 0 Å². The van der Waals surface area contributed by atoms with Gasteiger partial charge in [-0.05, 0) is 24.2 Å². The second kappa shape index (κ2) is 4.75. The molecule has 17 heavy (non-hydrogen) atoms. The van der Waals surface area contributed by atoms with E-state index in [1.165, 1.54) is 6.07 Å². The molecule has 2 heterocycles. The first-order chi connectivity index (χ1) is 8.08. The van der Waals surface area contributed by atoms with Crippen LogP contribution in [0.2, 0.25) is 0 Å². The van der Waals surface area contributed by atoms with Gasteiger partial charge in [0.05, 0.1) is 6.20 Å². The SMILES string of the molecule is CC(C)Cn1c(-c2cncc(F)c2)n[nH]c1=S. The van der Waals surface area contributed by atoms with Crippen LogP contribution in [-0.4, -0.2) is 19.7 Å². The summed E-state index contributed by atoms with van der Waals surface area (Å²) < 4.78 is 15.5. The summed E-state index contributed by atoms with van der Waals surface area (Å²) in [6.07, 6.45) is 2.74. The highest BCUT2D eigenvalue weighted by Crippen LogP contribution is 2.18. The van der Waals surface area contributed by atoms with Crippen LogP contribution in [0.4, 0.5) is 4.39 Å². The number of pyridine rings is 1. The fourth-order valence-corrected chi connectivity index (χ4v) is 1.81. The van der Waals surface area contributed by atoms with Gasteiger partial charge in [-0.15, -0.1) is 0 Å². The van der Waals surface area contributed by atoms with E-state index in [1.54, 1.807) is 6.20 Å². The Morgan fingerprint density at radius 3 is 2.88 bits per heavy atom. The van der Waals surface area contributed by atoms with Gasteiger partial charge in [0.25, 0.3) is 0 Å². The normalized spacial score (nSPS) is 11.1. The highest BCUT2D eigenvalue weighted by molar-refractivity contribution is 7.71. The first-order valence-electron chi connectivity index (χ1n) is 5.34. The van der Waals surface area contributed by atoms with Crippen LogP contribution in [0.3, 0.4) is 0 Å². The largest absolute Gasteiger partial charge is 0.300 e. The van der Waals surface area contributed by atoms with Crippen molar-refractivity contribution < 1.29 is 4.39 Å². The van der Waals surface area contributed by atoms with Crippen LogP contribution in [0.25, 0.3) is 11.4 Å². The molecule has 0 saturated heterocycles. The minimum absolute atomic E-state index is 0.382. The Hall–Kier alpha value is -1.56. The van der Waals surface area contributed by atoms with Crippen LogP contribution < -0.4 is 0 Å². The predicted octanol–water partition coefficient (Wildman–Crippen LogP) is 2.80. The molecule has 0 radical (unpaired) electrons. The molecule has 6 heteroatoms. The van der Waals surface area contributed by atoms with Crippen LogP contribution in [0.15, 0.2) is 18.5 Å². The third-order valence-corrected chi connectivity index (χ3v) is 2.58. The van der Waals surface area contributed by atoms with Gasteiger partial charge in [0.2, 0.25) is 0 Å². The summed E-state index contributed by atoms with van der Waals surface area (Å²) >= 11 is 5.15. The Bertz CT molecular complexity index is 573. The Balaban J connectivity index is 2.49. The van der Waals surface area contributed by atoms with Crippen LogP contribution in [-0.2, 0) is 6.54 Å². The Morgan fingerprint density at radius 1 is 1.47 bits per heavy atom. The number of aromatic amines is 1. The van der Waals surface area contributed by atoms with Gasteiger partial charge in [-0.25, -0.2) is 4.39 Å². The summed E-state index contributed by atoms with van der Waals surface area (Å²) in [6.45, 7) is 4.91. The zero-order valence-electron chi connectivity index (χ0n) is 9.64. The van der Waals surface area contributed by atoms with Crippen molar-refractivity contribution >= 4 is 12.2 Å². The fourth-order valence-electron chi connectivity index (χ4n) is 1.61. The highest BCUT2D eigenvalue weighted by Gasteiger charge is 2.10. The summed E-state index contributed by atoms with van der Waals surface area (Å²) in [6, 6.07) is 1.40. The van der Waals surface area contributed by atoms with Gasteiger partial charge in [-0.1, -0.05) is 13.8 Å². The molecule has 0 fully saturated rings. The van der Waals surface area contributed by atoms with Gasteiger partial charge in [0, 0.05) is 18.3 Å². The number of hydrogen-bond acceptors (Lipinski definition) is 3. The molecule has 4 nitrogen and oxygen atoms in total.